The van der Waals surface area contributed by atoms with E-state index in [1.807, 2.05) is 0 Å². The second-order valence-corrected chi connectivity index (χ2v) is 6.99. The molecule has 0 amide bonds. The lowest BCUT2D eigenvalue weighted by Gasteiger charge is -2.30. The number of nitrogens with zero attached hydrogens (tertiary/aromatic N) is 3. The molecule has 1 aromatic rings. The zero-order valence-corrected chi connectivity index (χ0v) is 12.8. The zero-order chi connectivity index (χ0) is 14.5. The van der Waals surface area contributed by atoms with Gasteiger partial charge in [0.2, 0.25) is 5.28 Å². The van der Waals surface area contributed by atoms with Crippen LogP contribution in [0.3, 0.4) is 0 Å². The molecule has 2 fully saturated rings. The van der Waals surface area contributed by atoms with Crippen LogP contribution >= 0.6 is 11.6 Å². The van der Waals surface area contributed by atoms with E-state index in [2.05, 4.69) is 42.1 Å². The molecule has 106 valence electrons. The Morgan fingerprint density at radius 1 is 1.40 bits per heavy atom. The van der Waals surface area contributed by atoms with E-state index in [1.54, 1.807) is 0 Å². The highest BCUT2D eigenvalue weighted by Crippen LogP contribution is 2.60. The van der Waals surface area contributed by atoms with Gasteiger partial charge < -0.3 is 5.32 Å². The molecule has 4 atom stereocenters. The van der Waals surface area contributed by atoms with E-state index in [0.29, 0.717) is 34.7 Å². The van der Waals surface area contributed by atoms with Gasteiger partial charge in [-0.1, -0.05) is 20.8 Å². The van der Waals surface area contributed by atoms with Crippen molar-refractivity contribution in [1.29, 1.82) is 5.26 Å². The Kier molecular flexibility index (Phi) is 3.13. The fourth-order valence-electron chi connectivity index (χ4n) is 4.52. The maximum atomic E-state index is 9.17. The number of fused-ring (bicyclic) bond motifs is 2. The molecule has 1 aromatic heterocycles. The second-order valence-electron chi connectivity index (χ2n) is 6.65. The lowest BCUT2D eigenvalue weighted by atomic mass is 9.80. The molecule has 0 aliphatic heterocycles. The normalized spacial score (nSPS) is 34.0. The molecular weight excluding hydrogens is 272 g/mol. The zero-order valence-electron chi connectivity index (χ0n) is 12.0. The quantitative estimate of drug-likeness (QED) is 0.847. The standard InChI is InChI=1S/C15H19ClN4/c1-8-10-4-5-11(15(10,2)3)12(8)19-13-9(6-17)7-18-14(16)20-13/h7-8,10-12H,4-5H2,1-3H3,(H,18,19,20). The lowest BCUT2D eigenvalue weighted by molar-refractivity contribution is 0.241. The first kappa shape index (κ1) is 13.6. The molecule has 0 radical (unpaired) electrons. The first-order chi connectivity index (χ1) is 9.45. The first-order valence-electron chi connectivity index (χ1n) is 7.14. The fourth-order valence-corrected chi connectivity index (χ4v) is 4.65. The Labute approximate surface area is 124 Å². The van der Waals surface area contributed by atoms with E-state index in [-0.39, 0.29) is 5.28 Å². The Hall–Kier alpha value is -1.34. The summed E-state index contributed by atoms with van der Waals surface area (Å²) in [7, 11) is 0. The molecule has 2 aliphatic rings. The van der Waals surface area contributed by atoms with Gasteiger partial charge in [0.15, 0.2) is 0 Å². The molecule has 3 rings (SSSR count). The molecule has 4 nitrogen and oxygen atoms in total. The minimum atomic E-state index is 0.182. The van der Waals surface area contributed by atoms with Crippen molar-refractivity contribution in [2.75, 3.05) is 5.32 Å². The molecule has 4 unspecified atom stereocenters. The molecule has 20 heavy (non-hydrogen) atoms. The van der Waals surface area contributed by atoms with Gasteiger partial charge in [0.05, 0.1) is 6.20 Å². The van der Waals surface area contributed by atoms with Gasteiger partial charge in [-0.15, -0.1) is 0 Å². The summed E-state index contributed by atoms with van der Waals surface area (Å²) in [5.41, 5.74) is 0.822. The van der Waals surface area contributed by atoms with Crippen LogP contribution in [0.2, 0.25) is 5.28 Å². The van der Waals surface area contributed by atoms with Crippen LogP contribution in [0.15, 0.2) is 6.20 Å². The summed E-state index contributed by atoms with van der Waals surface area (Å²) >= 11 is 5.86. The van der Waals surface area contributed by atoms with Gasteiger partial charge in [0.25, 0.3) is 0 Å². The van der Waals surface area contributed by atoms with Crippen LogP contribution in [-0.2, 0) is 0 Å². The SMILES string of the molecule is CC1C(Nc2nc(Cl)ncc2C#N)C2CCC1C2(C)C. The minimum Gasteiger partial charge on any atom is -0.366 e. The van der Waals surface area contributed by atoms with Crippen molar-refractivity contribution in [3.63, 3.8) is 0 Å². The van der Waals surface area contributed by atoms with Gasteiger partial charge in [-0.05, 0) is 47.6 Å². The molecule has 5 heteroatoms. The van der Waals surface area contributed by atoms with Crippen molar-refractivity contribution in [2.24, 2.45) is 23.2 Å². The number of nitriles is 1. The van der Waals surface area contributed by atoms with Crippen LogP contribution < -0.4 is 5.32 Å². The number of rotatable bonds is 2. The highest BCUT2D eigenvalue weighted by atomic mass is 35.5. The molecule has 0 spiro atoms. The van der Waals surface area contributed by atoms with E-state index in [1.165, 1.54) is 19.0 Å². The van der Waals surface area contributed by atoms with Crippen LogP contribution in [0.25, 0.3) is 0 Å². The van der Waals surface area contributed by atoms with Crippen molar-refractivity contribution in [1.82, 2.24) is 9.97 Å². The van der Waals surface area contributed by atoms with Gasteiger partial charge in [-0.25, -0.2) is 4.98 Å². The van der Waals surface area contributed by atoms with Crippen molar-refractivity contribution < 1.29 is 0 Å². The van der Waals surface area contributed by atoms with Gasteiger partial charge >= 0.3 is 0 Å². The molecule has 2 saturated carbocycles. The van der Waals surface area contributed by atoms with Crippen LogP contribution in [0.5, 0.6) is 0 Å². The summed E-state index contributed by atoms with van der Waals surface area (Å²) in [6.07, 6.45) is 4.05. The van der Waals surface area contributed by atoms with Crippen LogP contribution in [0.1, 0.15) is 39.2 Å². The third kappa shape index (κ3) is 1.88. The number of halogens is 1. The van der Waals surface area contributed by atoms with E-state index in [0.717, 1.165) is 5.92 Å². The highest BCUT2D eigenvalue weighted by molar-refractivity contribution is 6.28. The maximum absolute atomic E-state index is 9.17. The fraction of sp³-hybridized carbons (Fsp3) is 0.667. The Morgan fingerprint density at radius 2 is 2.10 bits per heavy atom. The average molecular weight is 291 g/mol. The predicted molar refractivity (Wildman–Crippen MR) is 78.3 cm³/mol. The van der Waals surface area contributed by atoms with Crippen LogP contribution in [0.4, 0.5) is 5.82 Å². The van der Waals surface area contributed by atoms with Gasteiger partial charge in [-0.3, -0.25) is 0 Å². The minimum absolute atomic E-state index is 0.182. The summed E-state index contributed by atoms with van der Waals surface area (Å²) in [4.78, 5) is 8.07. The third-order valence-electron chi connectivity index (χ3n) is 5.52. The number of hydrogen-bond acceptors (Lipinski definition) is 4. The molecule has 0 aromatic carbocycles. The lowest BCUT2D eigenvalue weighted by Crippen LogP contribution is -2.34. The summed E-state index contributed by atoms with van der Waals surface area (Å²) in [5.74, 6) is 2.53. The van der Waals surface area contributed by atoms with Crippen LogP contribution in [-0.4, -0.2) is 16.0 Å². The topological polar surface area (TPSA) is 61.6 Å². The number of aromatic nitrogens is 2. The number of anilines is 1. The van der Waals surface area contributed by atoms with Crippen molar-refractivity contribution in [3.8, 4) is 6.07 Å². The first-order valence-corrected chi connectivity index (χ1v) is 7.52. The Balaban J connectivity index is 1.90. The van der Waals surface area contributed by atoms with E-state index in [9.17, 15) is 5.26 Å². The molecule has 1 heterocycles. The monoisotopic (exact) mass is 290 g/mol. The second kappa shape index (κ2) is 4.60. The molecule has 0 saturated heterocycles. The molecule has 2 aliphatic carbocycles. The van der Waals surface area contributed by atoms with Crippen molar-refractivity contribution in [2.45, 2.75) is 39.7 Å². The van der Waals surface area contributed by atoms with E-state index >= 15 is 0 Å². The number of hydrogen-bond donors (Lipinski definition) is 1. The average Bonchev–Trinajstić information content (AvgIpc) is 2.78. The van der Waals surface area contributed by atoms with E-state index in [4.69, 9.17) is 11.6 Å². The summed E-state index contributed by atoms with van der Waals surface area (Å²) < 4.78 is 0. The van der Waals surface area contributed by atoms with Crippen molar-refractivity contribution >= 4 is 17.4 Å². The highest BCUT2D eigenvalue weighted by Gasteiger charge is 2.57. The molecule has 2 bridgehead atoms. The summed E-state index contributed by atoms with van der Waals surface area (Å²) in [6.45, 7) is 7.04. The summed E-state index contributed by atoms with van der Waals surface area (Å²) in [6, 6.07) is 2.49. The van der Waals surface area contributed by atoms with Crippen LogP contribution in [0, 0.1) is 34.5 Å². The predicted octanol–water partition coefficient (Wildman–Crippen LogP) is 3.48. The van der Waals surface area contributed by atoms with Gasteiger partial charge in [0, 0.05) is 6.04 Å². The Morgan fingerprint density at radius 3 is 2.70 bits per heavy atom. The molecular formula is C15H19ClN4. The maximum Gasteiger partial charge on any atom is 0.224 e. The number of nitrogens with one attached hydrogen (secondary N) is 1. The summed E-state index contributed by atoms with van der Waals surface area (Å²) in [5, 5.41) is 12.8. The smallest absolute Gasteiger partial charge is 0.224 e. The largest absolute Gasteiger partial charge is 0.366 e. The third-order valence-corrected chi connectivity index (χ3v) is 5.70. The van der Waals surface area contributed by atoms with Gasteiger partial charge in [0.1, 0.15) is 17.5 Å². The van der Waals surface area contributed by atoms with Crippen molar-refractivity contribution in [3.05, 3.63) is 17.0 Å². The van der Waals surface area contributed by atoms with Gasteiger partial charge in [-0.2, -0.15) is 10.2 Å². The van der Waals surface area contributed by atoms with E-state index < -0.39 is 0 Å². The Bertz CT molecular complexity index is 578. The molecule has 1 N–H and O–H groups in total.